The monoisotopic (exact) mass is 328 g/mol. The van der Waals surface area contributed by atoms with Crippen molar-refractivity contribution >= 4 is 46.5 Å². The summed E-state index contributed by atoms with van der Waals surface area (Å²) in [5.41, 5.74) is -0.189. The van der Waals surface area contributed by atoms with Crippen LogP contribution in [0, 0.1) is 0 Å². The van der Waals surface area contributed by atoms with Crippen molar-refractivity contribution in [2.45, 2.75) is 26.3 Å². The molecular formula is C14H14Cl2N2O3. The first-order chi connectivity index (χ1) is 9.61. The number of benzene rings is 1. The van der Waals surface area contributed by atoms with Crippen LogP contribution in [0.4, 0.5) is 5.69 Å². The van der Waals surface area contributed by atoms with E-state index in [-0.39, 0.29) is 33.7 Å². The van der Waals surface area contributed by atoms with Gasteiger partial charge in [0.05, 0.1) is 21.3 Å². The van der Waals surface area contributed by atoms with Gasteiger partial charge in [-0.1, -0.05) is 23.2 Å². The molecule has 21 heavy (non-hydrogen) atoms. The molecule has 112 valence electrons. The predicted octanol–water partition coefficient (Wildman–Crippen LogP) is 2.44. The first-order valence-electron chi connectivity index (χ1n) is 6.27. The van der Waals surface area contributed by atoms with Crippen LogP contribution in [0.15, 0.2) is 12.1 Å². The summed E-state index contributed by atoms with van der Waals surface area (Å²) in [5, 5.41) is 3.08. The standard InChI is InChI=1S/C14H14Cl2N2O3/c1-14(2,3)17-9(19)6-18-11-8(16)5-4-7(15)10(11)12(20)13(18)21/h4-5H,6H2,1-3H3,(H,17,19). The lowest BCUT2D eigenvalue weighted by atomic mass is 10.1. The Bertz CT molecular complexity index is 650. The average molecular weight is 329 g/mol. The lowest BCUT2D eigenvalue weighted by molar-refractivity contribution is -0.123. The molecule has 5 nitrogen and oxygen atoms in total. The van der Waals surface area contributed by atoms with Crippen LogP contribution >= 0.6 is 23.2 Å². The number of carbonyl (C=O) groups is 3. The van der Waals surface area contributed by atoms with E-state index in [2.05, 4.69) is 5.32 Å². The van der Waals surface area contributed by atoms with Crippen LogP contribution in [0.5, 0.6) is 0 Å². The molecule has 0 saturated carbocycles. The van der Waals surface area contributed by atoms with E-state index in [1.54, 1.807) is 0 Å². The van der Waals surface area contributed by atoms with Gasteiger partial charge in [-0.15, -0.1) is 0 Å². The smallest absolute Gasteiger partial charge is 0.300 e. The lowest BCUT2D eigenvalue weighted by Crippen LogP contribution is -2.47. The van der Waals surface area contributed by atoms with Crippen LogP contribution < -0.4 is 10.2 Å². The minimum atomic E-state index is -0.802. The maximum absolute atomic E-state index is 12.0. The first-order valence-corrected chi connectivity index (χ1v) is 7.02. The fraction of sp³-hybridized carbons (Fsp3) is 0.357. The second-order valence-electron chi connectivity index (χ2n) is 5.77. The van der Waals surface area contributed by atoms with Gasteiger partial charge in [0.15, 0.2) is 0 Å². The minimum absolute atomic E-state index is 0.0534. The zero-order valence-electron chi connectivity index (χ0n) is 11.8. The molecule has 1 heterocycles. The number of hydrogen-bond acceptors (Lipinski definition) is 3. The maximum atomic E-state index is 12.0. The number of nitrogens with one attached hydrogen (secondary N) is 1. The Balaban J connectivity index is 2.36. The summed E-state index contributed by atoms with van der Waals surface area (Å²) < 4.78 is 0. The molecule has 1 aliphatic heterocycles. The third-order valence-electron chi connectivity index (χ3n) is 2.83. The van der Waals surface area contributed by atoms with Crippen LogP contribution in [0.2, 0.25) is 10.0 Å². The molecule has 1 aliphatic rings. The van der Waals surface area contributed by atoms with Crippen molar-refractivity contribution in [1.29, 1.82) is 0 Å². The maximum Gasteiger partial charge on any atom is 0.300 e. The second kappa shape index (κ2) is 5.31. The Morgan fingerprint density at radius 1 is 1.19 bits per heavy atom. The topological polar surface area (TPSA) is 66.5 Å². The van der Waals surface area contributed by atoms with Crippen LogP contribution in [-0.2, 0) is 9.59 Å². The first kappa shape index (κ1) is 15.8. The van der Waals surface area contributed by atoms with E-state index in [1.165, 1.54) is 12.1 Å². The predicted molar refractivity (Wildman–Crippen MR) is 81.0 cm³/mol. The molecule has 0 aliphatic carbocycles. The molecule has 2 amide bonds. The molecule has 0 saturated heterocycles. The van der Waals surface area contributed by atoms with Gasteiger partial charge in [0.25, 0.3) is 11.7 Å². The highest BCUT2D eigenvalue weighted by Crippen LogP contribution is 2.39. The van der Waals surface area contributed by atoms with E-state index in [4.69, 9.17) is 23.2 Å². The highest BCUT2D eigenvalue weighted by atomic mass is 35.5. The van der Waals surface area contributed by atoms with E-state index in [0.29, 0.717) is 0 Å². The van der Waals surface area contributed by atoms with E-state index in [0.717, 1.165) is 4.90 Å². The van der Waals surface area contributed by atoms with Gasteiger partial charge in [0, 0.05) is 5.54 Å². The van der Waals surface area contributed by atoms with E-state index < -0.39 is 17.2 Å². The molecule has 0 spiro atoms. The summed E-state index contributed by atoms with van der Waals surface area (Å²) in [7, 11) is 0. The van der Waals surface area contributed by atoms with E-state index in [1.807, 2.05) is 20.8 Å². The third kappa shape index (κ3) is 3.04. The molecular weight excluding hydrogens is 315 g/mol. The number of hydrogen-bond donors (Lipinski definition) is 1. The SMILES string of the molecule is CC(C)(C)NC(=O)CN1C(=O)C(=O)c2c(Cl)ccc(Cl)c21. The van der Waals surface area contributed by atoms with Gasteiger partial charge < -0.3 is 5.32 Å². The summed E-state index contributed by atoms with van der Waals surface area (Å²) >= 11 is 12.0. The number of fused-ring (bicyclic) bond motifs is 1. The molecule has 0 aromatic heterocycles. The van der Waals surface area contributed by atoms with Crippen molar-refractivity contribution in [3.63, 3.8) is 0 Å². The molecule has 0 radical (unpaired) electrons. The molecule has 1 N–H and O–H groups in total. The van der Waals surface area contributed by atoms with Crippen LogP contribution in [0.3, 0.4) is 0 Å². The molecule has 1 aromatic rings. The van der Waals surface area contributed by atoms with Gasteiger partial charge >= 0.3 is 0 Å². The fourth-order valence-electron chi connectivity index (χ4n) is 2.10. The highest BCUT2D eigenvalue weighted by molar-refractivity contribution is 6.57. The molecule has 0 atom stereocenters. The Morgan fingerprint density at radius 3 is 2.33 bits per heavy atom. The van der Waals surface area contributed by atoms with Crippen LogP contribution in [-0.4, -0.2) is 29.7 Å². The van der Waals surface area contributed by atoms with E-state index in [9.17, 15) is 14.4 Å². The summed E-state index contributed by atoms with van der Waals surface area (Å²) in [6.45, 7) is 5.17. The van der Waals surface area contributed by atoms with Crippen LogP contribution in [0.25, 0.3) is 0 Å². The third-order valence-corrected chi connectivity index (χ3v) is 3.45. The number of Topliss-reactive ketones (excluding diaryl/α,β-unsaturated/α-hetero) is 1. The highest BCUT2D eigenvalue weighted by Gasteiger charge is 2.40. The number of anilines is 1. The number of rotatable bonds is 2. The Kier molecular flexibility index (Phi) is 4.00. The Hall–Kier alpha value is -1.59. The molecule has 2 rings (SSSR count). The second-order valence-corrected chi connectivity index (χ2v) is 6.59. The van der Waals surface area contributed by atoms with Crippen LogP contribution in [0.1, 0.15) is 31.1 Å². The summed E-state index contributed by atoms with van der Waals surface area (Å²) in [6.07, 6.45) is 0. The summed E-state index contributed by atoms with van der Waals surface area (Å²) in [4.78, 5) is 37.1. The van der Waals surface area contributed by atoms with Gasteiger partial charge in [0.2, 0.25) is 5.91 Å². The van der Waals surface area contributed by atoms with Crippen molar-refractivity contribution in [2.24, 2.45) is 0 Å². The molecule has 0 fully saturated rings. The van der Waals surface area contributed by atoms with E-state index >= 15 is 0 Å². The molecule has 0 unspecified atom stereocenters. The van der Waals surface area contributed by atoms with Crippen molar-refractivity contribution in [1.82, 2.24) is 5.32 Å². The van der Waals surface area contributed by atoms with Gasteiger partial charge in [0.1, 0.15) is 6.54 Å². The van der Waals surface area contributed by atoms with Gasteiger partial charge in [-0.2, -0.15) is 0 Å². The van der Waals surface area contributed by atoms with Gasteiger partial charge in [-0.05, 0) is 32.9 Å². The Labute approximate surface area is 132 Å². The van der Waals surface area contributed by atoms with Crippen molar-refractivity contribution < 1.29 is 14.4 Å². The number of amides is 2. The zero-order valence-corrected chi connectivity index (χ0v) is 13.3. The summed E-state index contributed by atoms with van der Waals surface area (Å²) in [5.74, 6) is -1.93. The number of halogens is 2. The summed E-state index contributed by atoms with van der Waals surface area (Å²) in [6, 6.07) is 2.94. The van der Waals surface area contributed by atoms with Gasteiger partial charge in [-0.25, -0.2) is 0 Å². The van der Waals surface area contributed by atoms with Crippen molar-refractivity contribution in [2.75, 3.05) is 11.4 Å². The largest absolute Gasteiger partial charge is 0.350 e. The van der Waals surface area contributed by atoms with Crippen molar-refractivity contribution in [3.8, 4) is 0 Å². The quantitative estimate of drug-likeness (QED) is 0.848. The minimum Gasteiger partial charge on any atom is -0.350 e. The number of ketones is 1. The Morgan fingerprint density at radius 2 is 1.76 bits per heavy atom. The molecule has 1 aromatic carbocycles. The average Bonchev–Trinajstić information content (AvgIpc) is 2.58. The van der Waals surface area contributed by atoms with Gasteiger partial charge in [-0.3, -0.25) is 19.3 Å². The number of carbonyl (C=O) groups excluding carboxylic acids is 3. The number of nitrogens with zero attached hydrogens (tertiary/aromatic N) is 1. The molecule has 0 bridgehead atoms. The zero-order chi connectivity index (χ0) is 15.9. The lowest BCUT2D eigenvalue weighted by Gasteiger charge is -2.23. The fourth-order valence-corrected chi connectivity index (χ4v) is 2.60. The van der Waals surface area contributed by atoms with Crippen molar-refractivity contribution in [3.05, 3.63) is 27.7 Å². The normalized spacial score (nSPS) is 14.4. The molecule has 7 heteroatoms.